The molecule has 0 radical (unpaired) electrons. The SMILES string of the molecule is CCN1C(=O)C[C@@H](C(=O)[O-])[C@H]1c1cc(OC)c(OC)c(OC)c1. The van der Waals surface area contributed by atoms with Gasteiger partial charge in [-0.3, -0.25) is 4.79 Å². The zero-order valence-electron chi connectivity index (χ0n) is 13.6. The van der Waals surface area contributed by atoms with Crippen molar-refractivity contribution < 1.29 is 28.9 Å². The summed E-state index contributed by atoms with van der Waals surface area (Å²) in [5, 5.41) is 11.4. The number of carbonyl (C=O) groups is 2. The van der Waals surface area contributed by atoms with Crippen LogP contribution < -0.4 is 19.3 Å². The molecule has 1 amide bonds. The van der Waals surface area contributed by atoms with Crippen molar-refractivity contribution in [3.63, 3.8) is 0 Å². The van der Waals surface area contributed by atoms with Gasteiger partial charge >= 0.3 is 0 Å². The fourth-order valence-electron chi connectivity index (χ4n) is 3.06. The second-order valence-corrected chi connectivity index (χ2v) is 5.21. The Morgan fingerprint density at radius 2 is 1.78 bits per heavy atom. The van der Waals surface area contributed by atoms with Crippen molar-refractivity contribution in [3.8, 4) is 17.2 Å². The van der Waals surface area contributed by atoms with E-state index in [4.69, 9.17) is 14.2 Å². The van der Waals surface area contributed by atoms with E-state index in [1.54, 1.807) is 19.1 Å². The molecule has 2 atom stereocenters. The second-order valence-electron chi connectivity index (χ2n) is 5.21. The molecule has 1 heterocycles. The van der Waals surface area contributed by atoms with Crippen LogP contribution in [0.1, 0.15) is 24.9 Å². The first-order valence-corrected chi connectivity index (χ1v) is 7.28. The van der Waals surface area contributed by atoms with Crippen LogP contribution in [-0.4, -0.2) is 44.7 Å². The van der Waals surface area contributed by atoms with Gasteiger partial charge in [-0.1, -0.05) is 0 Å². The van der Waals surface area contributed by atoms with Crippen molar-refractivity contribution in [3.05, 3.63) is 17.7 Å². The molecule has 0 unspecified atom stereocenters. The van der Waals surface area contributed by atoms with Crippen LogP contribution in [0.25, 0.3) is 0 Å². The monoisotopic (exact) mass is 322 g/mol. The minimum atomic E-state index is -1.24. The molecule has 126 valence electrons. The standard InChI is InChI=1S/C16H21NO6/c1-5-17-13(18)8-10(16(19)20)14(17)9-6-11(21-2)15(23-4)12(7-9)22-3/h6-7,10,14H,5,8H2,1-4H3,(H,19,20)/p-1/t10-,14-/m1/s1. The van der Waals surface area contributed by atoms with Gasteiger partial charge in [0.1, 0.15) is 0 Å². The minimum Gasteiger partial charge on any atom is -0.550 e. The highest BCUT2D eigenvalue weighted by Gasteiger charge is 2.41. The van der Waals surface area contributed by atoms with Gasteiger partial charge in [0.2, 0.25) is 11.7 Å². The third-order valence-electron chi connectivity index (χ3n) is 4.10. The predicted molar refractivity (Wildman–Crippen MR) is 79.3 cm³/mol. The molecular weight excluding hydrogens is 302 g/mol. The van der Waals surface area contributed by atoms with Crippen LogP contribution in [0, 0.1) is 5.92 Å². The van der Waals surface area contributed by atoms with Crippen LogP contribution in [0.5, 0.6) is 17.2 Å². The van der Waals surface area contributed by atoms with E-state index in [1.807, 2.05) is 0 Å². The highest BCUT2D eigenvalue weighted by molar-refractivity contribution is 5.86. The molecule has 1 fully saturated rings. The van der Waals surface area contributed by atoms with Crippen LogP contribution in [-0.2, 0) is 9.59 Å². The van der Waals surface area contributed by atoms with E-state index >= 15 is 0 Å². The number of nitrogens with zero attached hydrogens (tertiary/aromatic N) is 1. The van der Waals surface area contributed by atoms with Gasteiger partial charge in [-0.05, 0) is 24.6 Å². The topological polar surface area (TPSA) is 88.1 Å². The fourth-order valence-corrected chi connectivity index (χ4v) is 3.06. The number of carboxylic acid groups (broad SMARTS) is 1. The van der Waals surface area contributed by atoms with Crippen molar-refractivity contribution in [2.24, 2.45) is 5.92 Å². The third kappa shape index (κ3) is 2.91. The number of hydrogen-bond acceptors (Lipinski definition) is 6. The maximum Gasteiger partial charge on any atom is 0.223 e. The van der Waals surface area contributed by atoms with Crippen molar-refractivity contribution >= 4 is 11.9 Å². The summed E-state index contributed by atoms with van der Waals surface area (Å²) in [6, 6.07) is 2.72. The van der Waals surface area contributed by atoms with Gasteiger partial charge in [0.25, 0.3) is 0 Å². The van der Waals surface area contributed by atoms with Gasteiger partial charge < -0.3 is 29.0 Å². The lowest BCUT2D eigenvalue weighted by Crippen LogP contribution is -2.36. The van der Waals surface area contributed by atoms with Crippen LogP contribution in [0.15, 0.2) is 12.1 Å². The van der Waals surface area contributed by atoms with Crippen LogP contribution in [0.3, 0.4) is 0 Å². The summed E-state index contributed by atoms with van der Waals surface area (Å²) < 4.78 is 15.9. The summed E-state index contributed by atoms with van der Waals surface area (Å²) in [6.45, 7) is 2.21. The summed E-state index contributed by atoms with van der Waals surface area (Å²) in [5.74, 6) is -1.13. The molecule has 7 heteroatoms. The lowest BCUT2D eigenvalue weighted by atomic mass is 9.93. The summed E-state index contributed by atoms with van der Waals surface area (Å²) in [5.41, 5.74) is 0.612. The Balaban J connectivity index is 2.57. The Bertz CT molecular complexity index is 590. The van der Waals surface area contributed by atoms with E-state index in [2.05, 4.69) is 0 Å². The molecule has 7 nitrogen and oxygen atoms in total. The van der Waals surface area contributed by atoms with Gasteiger partial charge in [0, 0.05) is 24.9 Å². The molecule has 1 aliphatic heterocycles. The Kier molecular flexibility index (Phi) is 4.98. The van der Waals surface area contributed by atoms with E-state index in [0.29, 0.717) is 29.4 Å². The van der Waals surface area contributed by atoms with E-state index in [1.165, 1.54) is 26.2 Å². The van der Waals surface area contributed by atoms with E-state index in [0.717, 1.165) is 0 Å². The molecule has 0 aromatic heterocycles. The average Bonchev–Trinajstić information content (AvgIpc) is 2.89. The normalized spacial score (nSPS) is 20.5. The maximum absolute atomic E-state index is 12.1. The van der Waals surface area contributed by atoms with Crippen LogP contribution in [0.4, 0.5) is 0 Å². The number of aliphatic carboxylic acids is 1. The Morgan fingerprint density at radius 1 is 1.22 bits per heavy atom. The summed E-state index contributed by atoms with van der Waals surface area (Å²) >= 11 is 0. The van der Waals surface area contributed by atoms with Crippen LogP contribution >= 0.6 is 0 Å². The average molecular weight is 322 g/mol. The van der Waals surface area contributed by atoms with Crippen LogP contribution in [0.2, 0.25) is 0 Å². The number of carboxylic acids is 1. The van der Waals surface area contributed by atoms with Crippen molar-refractivity contribution in [2.45, 2.75) is 19.4 Å². The fraction of sp³-hybridized carbons (Fsp3) is 0.500. The second kappa shape index (κ2) is 6.76. The first kappa shape index (κ1) is 16.9. The number of likely N-dealkylation sites (tertiary alicyclic amines) is 1. The minimum absolute atomic E-state index is 0.0719. The molecule has 2 rings (SSSR count). The highest BCUT2D eigenvalue weighted by Crippen LogP contribution is 2.44. The molecular formula is C16H20NO6-. The molecule has 0 N–H and O–H groups in total. The largest absolute Gasteiger partial charge is 0.550 e. The lowest BCUT2D eigenvalue weighted by Gasteiger charge is -2.29. The van der Waals surface area contributed by atoms with Gasteiger partial charge in [-0.2, -0.15) is 0 Å². The van der Waals surface area contributed by atoms with Crippen molar-refractivity contribution in [2.75, 3.05) is 27.9 Å². The smallest absolute Gasteiger partial charge is 0.223 e. The van der Waals surface area contributed by atoms with E-state index in [-0.39, 0.29) is 12.3 Å². The molecule has 0 saturated carbocycles. The predicted octanol–water partition coefficient (Wildman–Crippen LogP) is 0.372. The summed E-state index contributed by atoms with van der Waals surface area (Å²) in [6.07, 6.45) is -0.0719. The number of hydrogen-bond donors (Lipinski definition) is 0. The Hall–Kier alpha value is -2.44. The Morgan fingerprint density at radius 3 is 2.17 bits per heavy atom. The van der Waals surface area contributed by atoms with Crippen molar-refractivity contribution in [1.29, 1.82) is 0 Å². The van der Waals surface area contributed by atoms with E-state index in [9.17, 15) is 14.7 Å². The molecule has 0 aliphatic carbocycles. The van der Waals surface area contributed by atoms with Gasteiger partial charge in [0.05, 0.1) is 27.4 Å². The molecule has 1 aromatic carbocycles. The summed E-state index contributed by atoms with van der Waals surface area (Å²) in [7, 11) is 4.45. The van der Waals surface area contributed by atoms with Gasteiger partial charge in [-0.25, -0.2) is 0 Å². The molecule has 1 aromatic rings. The number of methoxy groups -OCH3 is 3. The van der Waals surface area contributed by atoms with Gasteiger partial charge in [-0.15, -0.1) is 0 Å². The quantitative estimate of drug-likeness (QED) is 0.752. The number of ether oxygens (including phenoxy) is 3. The third-order valence-corrected chi connectivity index (χ3v) is 4.10. The Labute approximate surface area is 134 Å². The number of amides is 1. The highest BCUT2D eigenvalue weighted by atomic mass is 16.5. The van der Waals surface area contributed by atoms with Gasteiger partial charge in [0.15, 0.2) is 11.5 Å². The zero-order valence-corrected chi connectivity index (χ0v) is 13.6. The number of benzene rings is 1. The lowest BCUT2D eigenvalue weighted by molar-refractivity contribution is -0.312. The van der Waals surface area contributed by atoms with Crippen molar-refractivity contribution in [1.82, 2.24) is 4.90 Å². The van der Waals surface area contributed by atoms with E-state index < -0.39 is 17.9 Å². The first-order valence-electron chi connectivity index (χ1n) is 7.28. The summed E-state index contributed by atoms with van der Waals surface area (Å²) in [4.78, 5) is 25.1. The molecule has 1 saturated heterocycles. The number of rotatable bonds is 6. The molecule has 23 heavy (non-hydrogen) atoms. The maximum atomic E-state index is 12.1. The molecule has 1 aliphatic rings. The molecule has 0 bridgehead atoms. The first-order chi connectivity index (χ1) is 11.0. The zero-order chi connectivity index (χ0) is 17.1. The molecule has 0 spiro atoms. The number of carbonyl (C=O) groups excluding carboxylic acids is 2.